The first-order valence-electron chi connectivity index (χ1n) is 13.3. The van der Waals surface area contributed by atoms with E-state index in [1.165, 1.54) is 64.2 Å². The number of aliphatic carboxylic acids is 1. The van der Waals surface area contributed by atoms with Crippen molar-refractivity contribution in [3.05, 3.63) is 24.3 Å². The van der Waals surface area contributed by atoms with Crippen molar-refractivity contribution in [2.45, 2.75) is 116 Å². The third-order valence-corrected chi connectivity index (χ3v) is 5.53. The van der Waals surface area contributed by atoms with Gasteiger partial charge in [-0.1, -0.05) is 82.6 Å². The summed E-state index contributed by atoms with van der Waals surface area (Å²) >= 11 is 0. The highest BCUT2D eigenvalue weighted by Crippen LogP contribution is 2.12. The minimum atomic E-state index is -0.929. The van der Waals surface area contributed by atoms with Crippen molar-refractivity contribution < 1.29 is 23.9 Å². The van der Waals surface area contributed by atoms with Crippen molar-refractivity contribution in [1.29, 1.82) is 0 Å². The number of carboxylic acids is 1. The summed E-state index contributed by atoms with van der Waals surface area (Å²) in [6, 6.07) is 0. The molecule has 0 aromatic rings. The fourth-order valence-electron chi connectivity index (χ4n) is 3.81. The Balaban J connectivity index is 3.61. The first kappa shape index (κ1) is 31.4. The number of nitrogens with zero attached hydrogens (tertiary/aromatic N) is 1. The number of carbonyl (C=O) groups is 2. The molecule has 0 amide bonds. The summed E-state index contributed by atoms with van der Waals surface area (Å²) in [6.07, 6.45) is 25.6. The van der Waals surface area contributed by atoms with E-state index in [4.69, 9.17) is 9.84 Å². The van der Waals surface area contributed by atoms with E-state index in [9.17, 15) is 9.59 Å². The zero-order chi connectivity index (χ0) is 24.8. The smallest absolute Gasteiger partial charge is 0.307 e. The molecule has 0 spiro atoms. The Hall–Kier alpha value is -1.62. The van der Waals surface area contributed by atoms with Crippen molar-refractivity contribution in [2.24, 2.45) is 0 Å². The number of unbranched alkanes of at least 4 members (excludes halogenated alkanes) is 11. The van der Waals surface area contributed by atoms with Gasteiger partial charge in [0.2, 0.25) is 0 Å². The van der Waals surface area contributed by atoms with Gasteiger partial charge in [0.05, 0.1) is 27.6 Å². The van der Waals surface area contributed by atoms with Gasteiger partial charge >= 0.3 is 11.9 Å². The second-order valence-corrected chi connectivity index (χ2v) is 10.2. The van der Waals surface area contributed by atoms with Crippen LogP contribution in [0.3, 0.4) is 0 Å². The van der Waals surface area contributed by atoms with E-state index in [0.717, 1.165) is 25.7 Å². The molecule has 0 saturated heterocycles. The third kappa shape index (κ3) is 24.8. The second kappa shape index (κ2) is 20.9. The van der Waals surface area contributed by atoms with Crippen LogP contribution in [-0.2, 0) is 14.3 Å². The molecule has 0 aliphatic carbocycles. The van der Waals surface area contributed by atoms with Gasteiger partial charge in [0.15, 0.2) is 6.10 Å². The Labute approximate surface area is 203 Å². The molecule has 1 atom stereocenters. The van der Waals surface area contributed by atoms with Crippen LogP contribution in [0.15, 0.2) is 24.3 Å². The van der Waals surface area contributed by atoms with E-state index < -0.39 is 12.1 Å². The van der Waals surface area contributed by atoms with Gasteiger partial charge in [-0.2, -0.15) is 0 Å². The van der Waals surface area contributed by atoms with Crippen molar-refractivity contribution in [1.82, 2.24) is 0 Å². The molecule has 0 aromatic heterocycles. The third-order valence-electron chi connectivity index (χ3n) is 5.53. The minimum Gasteiger partial charge on any atom is -0.481 e. The maximum absolute atomic E-state index is 12.1. The highest BCUT2D eigenvalue weighted by molar-refractivity contribution is 5.71. The maximum atomic E-state index is 12.1. The van der Waals surface area contributed by atoms with Crippen LogP contribution in [0, 0.1) is 0 Å². The molecule has 0 rings (SSSR count). The number of ether oxygens (including phenoxy) is 1. The van der Waals surface area contributed by atoms with Crippen molar-refractivity contribution in [3.63, 3.8) is 0 Å². The summed E-state index contributed by atoms with van der Waals surface area (Å²) in [5.74, 6) is -1.20. The van der Waals surface area contributed by atoms with Gasteiger partial charge in [0, 0.05) is 6.42 Å². The Morgan fingerprint density at radius 1 is 0.788 bits per heavy atom. The fraction of sp³-hybridized carbons (Fsp3) is 0.786. The molecule has 0 aliphatic rings. The summed E-state index contributed by atoms with van der Waals surface area (Å²) < 4.78 is 5.99. The number of quaternary nitrogens is 1. The van der Waals surface area contributed by atoms with E-state index in [2.05, 4.69) is 31.2 Å². The molecule has 5 heteroatoms. The quantitative estimate of drug-likeness (QED) is 0.0802. The largest absolute Gasteiger partial charge is 0.481 e. The lowest BCUT2D eigenvalue weighted by Crippen LogP contribution is -2.43. The maximum Gasteiger partial charge on any atom is 0.307 e. The van der Waals surface area contributed by atoms with Gasteiger partial charge in [-0.3, -0.25) is 9.59 Å². The molecular formula is C28H52NO4+. The van der Waals surface area contributed by atoms with E-state index in [1.54, 1.807) is 0 Å². The molecule has 1 unspecified atom stereocenters. The lowest BCUT2D eigenvalue weighted by molar-refractivity contribution is -0.873. The second-order valence-electron chi connectivity index (χ2n) is 10.2. The molecular weight excluding hydrogens is 414 g/mol. The Kier molecular flexibility index (Phi) is 19.9. The van der Waals surface area contributed by atoms with Gasteiger partial charge in [-0.15, -0.1) is 0 Å². The predicted octanol–water partition coefficient (Wildman–Crippen LogP) is 7.06. The molecule has 0 saturated carbocycles. The van der Waals surface area contributed by atoms with Gasteiger partial charge in [-0.25, -0.2) is 0 Å². The molecule has 192 valence electrons. The van der Waals surface area contributed by atoms with Crippen LogP contribution >= 0.6 is 0 Å². The normalized spacial score (nSPS) is 13.1. The Morgan fingerprint density at radius 2 is 1.30 bits per heavy atom. The number of rotatable bonds is 22. The zero-order valence-electron chi connectivity index (χ0n) is 22.0. The predicted molar refractivity (Wildman–Crippen MR) is 138 cm³/mol. The number of carbonyl (C=O) groups excluding carboxylic acids is 1. The minimum absolute atomic E-state index is 0.133. The van der Waals surface area contributed by atoms with Crippen LogP contribution in [-0.4, -0.2) is 55.3 Å². The monoisotopic (exact) mass is 466 g/mol. The molecule has 33 heavy (non-hydrogen) atoms. The number of hydrogen-bond donors (Lipinski definition) is 1. The van der Waals surface area contributed by atoms with Crippen molar-refractivity contribution >= 4 is 11.9 Å². The number of likely N-dealkylation sites (N-methyl/N-ethyl adjacent to an activating group) is 1. The van der Waals surface area contributed by atoms with E-state index in [0.29, 0.717) is 17.4 Å². The number of allylic oxidation sites excluding steroid dienone is 4. The zero-order valence-corrected chi connectivity index (χ0v) is 22.0. The first-order valence-corrected chi connectivity index (χ1v) is 13.3. The number of carboxylic acid groups (broad SMARTS) is 1. The number of esters is 1. The topological polar surface area (TPSA) is 63.6 Å². The fourth-order valence-corrected chi connectivity index (χ4v) is 3.81. The molecule has 0 radical (unpaired) electrons. The van der Waals surface area contributed by atoms with Crippen molar-refractivity contribution in [2.75, 3.05) is 27.7 Å². The Bertz CT molecular complexity index is 549. The summed E-state index contributed by atoms with van der Waals surface area (Å²) in [6.45, 7) is 2.75. The summed E-state index contributed by atoms with van der Waals surface area (Å²) in [5.41, 5.74) is 0. The van der Waals surface area contributed by atoms with Gasteiger partial charge < -0.3 is 14.3 Å². The van der Waals surface area contributed by atoms with E-state index in [-0.39, 0.29) is 12.4 Å². The molecule has 5 nitrogen and oxygen atoms in total. The highest BCUT2D eigenvalue weighted by Gasteiger charge is 2.24. The lowest BCUT2D eigenvalue weighted by atomic mass is 10.1. The standard InChI is InChI=1S/C28H51NO4/c1-5-6-7-8-9-10-11-12-13-14-15-16-17-18-19-20-21-22-23-28(32)33-26(24-27(30)31)25-29(2,3)4/h10-11,13-14,26H,5-9,12,15-25H2,1-4H3/p+1/b11-10+,14-13+. The van der Waals surface area contributed by atoms with E-state index >= 15 is 0 Å². The van der Waals surface area contributed by atoms with E-state index in [1.807, 2.05) is 21.1 Å². The highest BCUT2D eigenvalue weighted by atomic mass is 16.5. The van der Waals surface area contributed by atoms with Gasteiger partial charge in [0.1, 0.15) is 6.54 Å². The van der Waals surface area contributed by atoms with Gasteiger partial charge in [0.25, 0.3) is 0 Å². The van der Waals surface area contributed by atoms with Crippen LogP contribution in [0.1, 0.15) is 110 Å². The molecule has 0 fully saturated rings. The van der Waals surface area contributed by atoms with Crippen molar-refractivity contribution in [3.8, 4) is 0 Å². The lowest BCUT2D eigenvalue weighted by Gasteiger charge is -2.28. The van der Waals surface area contributed by atoms with Crippen LogP contribution in [0.2, 0.25) is 0 Å². The summed E-state index contributed by atoms with van der Waals surface area (Å²) in [7, 11) is 5.90. The average Bonchev–Trinajstić information content (AvgIpc) is 2.71. The summed E-state index contributed by atoms with van der Waals surface area (Å²) in [4.78, 5) is 23.1. The molecule has 0 aromatic carbocycles. The van der Waals surface area contributed by atoms with Crippen LogP contribution in [0.5, 0.6) is 0 Å². The van der Waals surface area contributed by atoms with Crippen LogP contribution in [0.25, 0.3) is 0 Å². The first-order chi connectivity index (χ1) is 15.7. The number of hydrogen-bond acceptors (Lipinski definition) is 3. The van der Waals surface area contributed by atoms with Gasteiger partial charge in [-0.05, 0) is 38.5 Å². The summed E-state index contributed by atoms with van der Waals surface area (Å²) in [5, 5.41) is 9.03. The molecule has 0 bridgehead atoms. The Morgan fingerprint density at radius 3 is 1.82 bits per heavy atom. The van der Waals surface area contributed by atoms with Crippen LogP contribution < -0.4 is 0 Å². The molecule has 0 heterocycles. The average molecular weight is 467 g/mol. The SMILES string of the molecule is CCCCCC/C=C/C/C=C/CCCCCCCCCC(=O)OC(CC(=O)O)C[N+](C)(C)C. The van der Waals surface area contributed by atoms with Crippen LogP contribution in [0.4, 0.5) is 0 Å². The molecule has 1 N–H and O–H groups in total. The molecule has 0 aliphatic heterocycles.